The summed E-state index contributed by atoms with van der Waals surface area (Å²) < 4.78 is 10.5. The van der Waals surface area contributed by atoms with E-state index in [4.69, 9.17) is 9.47 Å². The first kappa shape index (κ1) is 21.6. The second kappa shape index (κ2) is 9.63. The summed E-state index contributed by atoms with van der Waals surface area (Å²) in [6.07, 6.45) is 18.2. The number of hydrogen-bond donors (Lipinski definition) is 0. The Morgan fingerprint density at radius 2 is 0.857 bits per heavy atom. The molecule has 4 heteroatoms. The van der Waals surface area contributed by atoms with Gasteiger partial charge >= 0.3 is 11.9 Å². The molecule has 0 saturated heterocycles. The van der Waals surface area contributed by atoms with Crippen LogP contribution in [0.3, 0.4) is 0 Å². The normalized spacial score (nSPS) is 37.4. The highest BCUT2D eigenvalue weighted by atomic mass is 16.5. The maximum absolute atomic E-state index is 12.7. The Morgan fingerprint density at radius 1 is 0.571 bits per heavy atom. The summed E-state index contributed by atoms with van der Waals surface area (Å²) in [5.74, 6) is 0.0839. The van der Waals surface area contributed by atoms with Crippen molar-refractivity contribution in [3.63, 3.8) is 0 Å². The van der Waals surface area contributed by atoms with Gasteiger partial charge in [0.25, 0.3) is 0 Å². The van der Waals surface area contributed by atoms with E-state index in [0.717, 1.165) is 64.2 Å². The zero-order chi connectivity index (χ0) is 20.0. The van der Waals surface area contributed by atoms with Crippen LogP contribution in [-0.4, -0.2) is 26.2 Å². The highest BCUT2D eigenvalue weighted by molar-refractivity contribution is 5.74. The minimum Gasteiger partial charge on any atom is -0.469 e. The fourth-order valence-electron chi connectivity index (χ4n) is 6.68. The molecule has 0 amide bonds. The Morgan fingerprint density at radius 3 is 1.14 bits per heavy atom. The van der Waals surface area contributed by atoms with E-state index in [9.17, 15) is 9.59 Å². The maximum Gasteiger partial charge on any atom is 0.309 e. The van der Waals surface area contributed by atoms with Crippen molar-refractivity contribution in [2.75, 3.05) is 14.2 Å². The largest absolute Gasteiger partial charge is 0.469 e. The highest BCUT2D eigenvalue weighted by Crippen LogP contribution is 2.64. The van der Waals surface area contributed by atoms with Crippen LogP contribution in [0.15, 0.2) is 0 Å². The van der Waals surface area contributed by atoms with Crippen LogP contribution in [0.25, 0.3) is 0 Å². The molecule has 6 fully saturated rings. The number of methoxy groups -OCH3 is 2. The van der Waals surface area contributed by atoms with Gasteiger partial charge in [-0.1, -0.05) is 51.4 Å². The lowest BCUT2D eigenvalue weighted by molar-refractivity contribution is -0.168. The van der Waals surface area contributed by atoms with Crippen LogP contribution in [0.2, 0.25) is 0 Å². The van der Waals surface area contributed by atoms with Crippen molar-refractivity contribution in [1.82, 2.24) is 0 Å². The van der Waals surface area contributed by atoms with Crippen LogP contribution in [0.5, 0.6) is 0 Å². The Balaban J connectivity index is 1.81. The van der Waals surface area contributed by atoms with Crippen molar-refractivity contribution >= 4 is 11.9 Å². The summed E-state index contributed by atoms with van der Waals surface area (Å²) in [7, 11) is 3.09. The summed E-state index contributed by atoms with van der Waals surface area (Å²) in [6.45, 7) is 0. The van der Waals surface area contributed by atoms with Gasteiger partial charge in [-0.15, -0.1) is 0 Å². The molecule has 2 unspecified atom stereocenters. The van der Waals surface area contributed by atoms with Crippen molar-refractivity contribution in [3.05, 3.63) is 0 Å². The first-order chi connectivity index (χ1) is 13.6. The molecule has 6 aliphatic carbocycles. The molecule has 0 aromatic carbocycles. The predicted octanol–water partition coefficient (Wildman–Crippen LogP) is 5.82. The van der Waals surface area contributed by atoms with Gasteiger partial charge < -0.3 is 9.47 Å². The average Bonchev–Trinajstić information content (AvgIpc) is 2.74. The van der Waals surface area contributed by atoms with Crippen LogP contribution in [-0.2, 0) is 19.1 Å². The molecule has 28 heavy (non-hydrogen) atoms. The van der Waals surface area contributed by atoms with Gasteiger partial charge in [-0.25, -0.2) is 0 Å². The molecule has 0 radical (unpaired) electrons. The highest BCUT2D eigenvalue weighted by Gasteiger charge is 2.57. The van der Waals surface area contributed by atoms with E-state index in [1.807, 2.05) is 0 Å². The fraction of sp³-hybridized carbons (Fsp3) is 0.917. The van der Waals surface area contributed by atoms with E-state index in [-0.39, 0.29) is 34.6 Å². The van der Waals surface area contributed by atoms with E-state index < -0.39 is 0 Å². The third-order valence-corrected chi connectivity index (χ3v) is 8.55. The van der Waals surface area contributed by atoms with Crippen molar-refractivity contribution in [2.45, 2.75) is 103 Å². The predicted molar refractivity (Wildman–Crippen MR) is 110 cm³/mol. The van der Waals surface area contributed by atoms with E-state index in [1.54, 1.807) is 14.2 Å². The first-order valence-corrected chi connectivity index (χ1v) is 11.7. The Labute approximate surface area is 171 Å². The number of ether oxygens (including phenoxy) is 2. The van der Waals surface area contributed by atoms with Gasteiger partial charge in [-0.2, -0.15) is 0 Å². The quantitative estimate of drug-likeness (QED) is 0.556. The van der Waals surface area contributed by atoms with Gasteiger partial charge in [0.2, 0.25) is 0 Å². The maximum atomic E-state index is 12.7. The second-order valence-electron chi connectivity index (χ2n) is 9.78. The van der Waals surface area contributed by atoms with E-state index in [0.29, 0.717) is 0 Å². The lowest BCUT2D eigenvalue weighted by Gasteiger charge is -2.57. The van der Waals surface area contributed by atoms with Crippen LogP contribution >= 0.6 is 0 Å². The molecule has 6 aliphatic rings. The zero-order valence-electron chi connectivity index (χ0n) is 18.1. The van der Waals surface area contributed by atoms with Crippen LogP contribution in [0, 0.1) is 22.7 Å². The van der Waals surface area contributed by atoms with Crippen LogP contribution in [0.1, 0.15) is 103 Å². The molecule has 0 heterocycles. The number of esters is 2. The van der Waals surface area contributed by atoms with Crippen molar-refractivity contribution in [3.8, 4) is 0 Å². The lowest BCUT2D eigenvalue weighted by atomic mass is 9.46. The van der Waals surface area contributed by atoms with Gasteiger partial charge in [0.05, 0.1) is 26.1 Å². The van der Waals surface area contributed by atoms with Crippen molar-refractivity contribution in [1.29, 1.82) is 0 Å². The topological polar surface area (TPSA) is 52.6 Å². The van der Waals surface area contributed by atoms with E-state index >= 15 is 0 Å². The molecule has 6 rings (SSSR count). The summed E-state index contributed by atoms with van der Waals surface area (Å²) in [5, 5.41) is 0. The van der Waals surface area contributed by atoms with Crippen molar-refractivity contribution in [2.24, 2.45) is 22.7 Å². The SMILES string of the molecule is COC(=O)C1CCCCCCCCCCC(C(=O)OC)C23CCC1(CC2)CC3. The summed E-state index contributed by atoms with van der Waals surface area (Å²) in [4.78, 5) is 25.4. The number of carbonyl (C=O) groups is 2. The molecule has 0 N–H and O–H groups in total. The van der Waals surface area contributed by atoms with Crippen LogP contribution < -0.4 is 0 Å². The number of hydrogen-bond acceptors (Lipinski definition) is 4. The molecular formula is C24H40O4. The van der Waals surface area contributed by atoms with Gasteiger partial charge in [0.15, 0.2) is 0 Å². The smallest absolute Gasteiger partial charge is 0.309 e. The number of rotatable bonds is 2. The molecule has 160 valence electrons. The van der Waals surface area contributed by atoms with Gasteiger partial charge in [-0.3, -0.25) is 9.59 Å². The fourth-order valence-corrected chi connectivity index (χ4v) is 6.68. The number of carbonyl (C=O) groups excluding carboxylic acids is 2. The second-order valence-corrected chi connectivity index (χ2v) is 9.78. The van der Waals surface area contributed by atoms with E-state index in [1.165, 1.54) is 38.5 Å². The molecule has 0 aliphatic heterocycles. The van der Waals surface area contributed by atoms with Crippen molar-refractivity contribution < 1.29 is 19.1 Å². The minimum absolute atomic E-state index is 0.0000318. The van der Waals surface area contributed by atoms with E-state index in [2.05, 4.69) is 0 Å². The summed E-state index contributed by atoms with van der Waals surface area (Å²) in [5.41, 5.74) is 0.208. The van der Waals surface area contributed by atoms with Gasteiger partial charge in [-0.05, 0) is 62.2 Å². The van der Waals surface area contributed by atoms with Crippen LogP contribution in [0.4, 0.5) is 0 Å². The third-order valence-electron chi connectivity index (χ3n) is 8.55. The molecule has 0 aromatic rings. The Hall–Kier alpha value is -1.06. The summed E-state index contributed by atoms with van der Waals surface area (Å²) >= 11 is 0. The standard InChI is InChI=1S/C24H40O4/c1-27-21(25)19-11-9-7-5-3-4-6-8-10-12-20(22(26)28-2)24-16-13-23(19,14-17-24)15-18-24/h19-20H,3-18H2,1-2H3. The first-order valence-electron chi connectivity index (χ1n) is 11.7. The molecule has 0 spiro atoms. The molecule has 0 aromatic heterocycles. The summed E-state index contributed by atoms with van der Waals surface area (Å²) in [6, 6.07) is 0. The lowest BCUT2D eigenvalue weighted by Crippen LogP contribution is -2.51. The zero-order valence-corrected chi connectivity index (χ0v) is 18.1. The molecule has 4 nitrogen and oxygen atoms in total. The minimum atomic E-state index is 0.0000318. The monoisotopic (exact) mass is 392 g/mol. The average molecular weight is 393 g/mol. The molecule has 2 bridgehead atoms. The third kappa shape index (κ3) is 4.41. The van der Waals surface area contributed by atoms with Gasteiger partial charge in [0, 0.05) is 0 Å². The Bertz CT molecular complexity index is 468. The Kier molecular flexibility index (Phi) is 7.44. The van der Waals surface area contributed by atoms with Gasteiger partial charge in [0.1, 0.15) is 0 Å². The molecule has 2 atom stereocenters. The molecular weight excluding hydrogens is 352 g/mol. The molecule has 6 saturated carbocycles.